The molecule has 0 radical (unpaired) electrons. The molecular formula is C31H38N2O3. The zero-order valence-electron chi connectivity index (χ0n) is 22.2. The van der Waals surface area contributed by atoms with Gasteiger partial charge in [0, 0.05) is 19.6 Å². The number of carbonyl (C=O) groups is 2. The summed E-state index contributed by atoms with van der Waals surface area (Å²) in [4.78, 5) is 29.5. The van der Waals surface area contributed by atoms with Crippen LogP contribution in [-0.2, 0) is 9.53 Å². The first-order chi connectivity index (χ1) is 17.1. The van der Waals surface area contributed by atoms with Crippen molar-refractivity contribution in [1.82, 2.24) is 9.80 Å². The van der Waals surface area contributed by atoms with E-state index in [2.05, 4.69) is 60.7 Å². The molecule has 2 aromatic carbocycles. The summed E-state index contributed by atoms with van der Waals surface area (Å²) in [6.45, 7) is 11.5. The number of carbonyl (C=O) groups excluding carboxylic acids is 2. The van der Waals surface area contributed by atoms with Crippen LogP contribution >= 0.6 is 0 Å². The normalized spacial score (nSPS) is 15.3. The van der Waals surface area contributed by atoms with E-state index < -0.39 is 11.7 Å². The molecule has 36 heavy (non-hydrogen) atoms. The standard InChI is InChI=1S/C31H38N2O3/c1-22(2)20-33(30(35)36-31(3,4)5)21-28(34)32-18-16-25(17-19-32)29-26-12-8-6-10-23(26)14-15-24-11-7-9-13-27(24)29/h6-15,22H,16-21H2,1-5H3. The molecular weight excluding hydrogens is 448 g/mol. The summed E-state index contributed by atoms with van der Waals surface area (Å²) in [5.74, 6) is 0.223. The molecule has 4 rings (SSSR count). The molecule has 0 N–H and O–H groups in total. The average Bonchev–Trinajstić information content (AvgIpc) is 2.99. The first kappa shape index (κ1) is 25.7. The van der Waals surface area contributed by atoms with Crippen molar-refractivity contribution in [2.45, 2.75) is 53.1 Å². The van der Waals surface area contributed by atoms with Crippen molar-refractivity contribution in [3.63, 3.8) is 0 Å². The number of likely N-dealkylation sites (tertiary alicyclic amines) is 1. The second-order valence-electron chi connectivity index (χ2n) is 11.1. The third-order valence-corrected chi connectivity index (χ3v) is 6.54. The van der Waals surface area contributed by atoms with Gasteiger partial charge in [0.2, 0.25) is 5.91 Å². The fourth-order valence-electron chi connectivity index (χ4n) is 4.96. The lowest BCUT2D eigenvalue weighted by atomic mass is 9.86. The smallest absolute Gasteiger partial charge is 0.410 e. The van der Waals surface area contributed by atoms with E-state index in [0.717, 1.165) is 12.8 Å². The van der Waals surface area contributed by atoms with Gasteiger partial charge < -0.3 is 9.64 Å². The number of rotatable bonds is 4. The fourth-order valence-corrected chi connectivity index (χ4v) is 4.96. The van der Waals surface area contributed by atoms with E-state index in [1.54, 1.807) is 4.90 Å². The van der Waals surface area contributed by atoms with E-state index in [4.69, 9.17) is 4.74 Å². The van der Waals surface area contributed by atoms with Crippen LogP contribution in [0.3, 0.4) is 0 Å². The summed E-state index contributed by atoms with van der Waals surface area (Å²) in [5.41, 5.74) is 7.03. The SMILES string of the molecule is CC(C)CN(CC(=O)N1CCC(=C2c3ccccc3C=Cc3ccccc32)CC1)C(=O)OC(C)(C)C. The largest absolute Gasteiger partial charge is 0.444 e. The molecule has 0 aromatic heterocycles. The molecule has 5 nitrogen and oxygen atoms in total. The molecule has 0 saturated carbocycles. The predicted molar refractivity (Wildman–Crippen MR) is 146 cm³/mol. The maximum atomic E-state index is 13.2. The van der Waals surface area contributed by atoms with Crippen LogP contribution in [0.25, 0.3) is 17.7 Å². The number of hydrogen-bond donors (Lipinski definition) is 0. The third-order valence-electron chi connectivity index (χ3n) is 6.54. The minimum Gasteiger partial charge on any atom is -0.444 e. The first-order valence-corrected chi connectivity index (χ1v) is 13.0. The molecule has 2 aliphatic rings. The molecule has 2 amide bonds. The van der Waals surface area contributed by atoms with Gasteiger partial charge >= 0.3 is 6.09 Å². The number of hydrogen-bond acceptors (Lipinski definition) is 3. The summed E-state index contributed by atoms with van der Waals surface area (Å²) >= 11 is 0. The van der Waals surface area contributed by atoms with E-state index in [1.807, 2.05) is 39.5 Å². The second kappa shape index (κ2) is 10.7. The molecule has 0 spiro atoms. The topological polar surface area (TPSA) is 49.9 Å². The summed E-state index contributed by atoms with van der Waals surface area (Å²) < 4.78 is 5.57. The quantitative estimate of drug-likeness (QED) is 0.424. The summed E-state index contributed by atoms with van der Waals surface area (Å²) in [6, 6.07) is 17.1. The van der Waals surface area contributed by atoms with Gasteiger partial charge in [-0.25, -0.2) is 4.79 Å². The van der Waals surface area contributed by atoms with Crippen molar-refractivity contribution < 1.29 is 14.3 Å². The van der Waals surface area contributed by atoms with E-state index in [1.165, 1.54) is 33.4 Å². The number of benzene rings is 2. The molecule has 1 aliphatic carbocycles. The van der Waals surface area contributed by atoms with Crippen molar-refractivity contribution in [3.8, 4) is 0 Å². The van der Waals surface area contributed by atoms with Crippen molar-refractivity contribution >= 4 is 29.7 Å². The maximum Gasteiger partial charge on any atom is 0.410 e. The van der Waals surface area contributed by atoms with E-state index in [-0.39, 0.29) is 18.4 Å². The number of amides is 2. The lowest BCUT2D eigenvalue weighted by Gasteiger charge is -2.33. The lowest BCUT2D eigenvalue weighted by molar-refractivity contribution is -0.133. The Balaban J connectivity index is 1.53. The van der Waals surface area contributed by atoms with Crippen molar-refractivity contribution in [3.05, 3.63) is 76.4 Å². The van der Waals surface area contributed by atoms with Gasteiger partial charge in [-0.15, -0.1) is 0 Å². The average molecular weight is 487 g/mol. The molecule has 190 valence electrons. The summed E-state index contributed by atoms with van der Waals surface area (Å²) in [5, 5.41) is 0. The van der Waals surface area contributed by atoms with E-state index in [0.29, 0.717) is 19.6 Å². The highest BCUT2D eigenvalue weighted by Gasteiger charge is 2.29. The molecule has 2 aromatic rings. The Morgan fingerprint density at radius 2 is 1.44 bits per heavy atom. The van der Waals surface area contributed by atoms with Crippen molar-refractivity contribution in [2.24, 2.45) is 5.92 Å². The monoisotopic (exact) mass is 486 g/mol. The van der Waals surface area contributed by atoms with Crippen molar-refractivity contribution in [1.29, 1.82) is 0 Å². The van der Waals surface area contributed by atoms with Crippen LogP contribution in [-0.4, -0.2) is 53.6 Å². The highest BCUT2D eigenvalue weighted by molar-refractivity contribution is 5.95. The van der Waals surface area contributed by atoms with Crippen LogP contribution in [0.5, 0.6) is 0 Å². The number of nitrogens with zero attached hydrogens (tertiary/aromatic N) is 2. The minimum absolute atomic E-state index is 0.0195. The summed E-state index contributed by atoms with van der Waals surface area (Å²) in [6.07, 6.45) is 5.60. The van der Waals surface area contributed by atoms with Gasteiger partial charge in [-0.2, -0.15) is 0 Å². The first-order valence-electron chi connectivity index (χ1n) is 13.0. The molecule has 0 bridgehead atoms. The van der Waals surface area contributed by atoms with Crippen LogP contribution in [0.2, 0.25) is 0 Å². The van der Waals surface area contributed by atoms with Gasteiger partial charge in [0.15, 0.2) is 0 Å². The Hall–Kier alpha value is -3.34. The Labute approximate surface area is 215 Å². The highest BCUT2D eigenvalue weighted by atomic mass is 16.6. The molecule has 1 heterocycles. The lowest BCUT2D eigenvalue weighted by Crippen LogP contribution is -2.47. The number of ether oxygens (including phenoxy) is 1. The van der Waals surface area contributed by atoms with Crippen LogP contribution in [0.1, 0.15) is 69.7 Å². The molecule has 5 heteroatoms. The van der Waals surface area contributed by atoms with E-state index >= 15 is 0 Å². The molecule has 1 saturated heterocycles. The molecule has 0 unspecified atom stereocenters. The third kappa shape index (κ3) is 6.07. The predicted octanol–water partition coefficient (Wildman–Crippen LogP) is 6.49. The van der Waals surface area contributed by atoms with Crippen molar-refractivity contribution in [2.75, 3.05) is 26.2 Å². The molecule has 0 atom stereocenters. The van der Waals surface area contributed by atoms with Gasteiger partial charge in [-0.3, -0.25) is 9.69 Å². The summed E-state index contributed by atoms with van der Waals surface area (Å²) in [7, 11) is 0. The van der Waals surface area contributed by atoms with Gasteiger partial charge in [0.1, 0.15) is 12.1 Å². The number of piperidine rings is 1. The zero-order chi connectivity index (χ0) is 25.9. The highest BCUT2D eigenvalue weighted by Crippen LogP contribution is 2.38. The van der Waals surface area contributed by atoms with Crippen LogP contribution < -0.4 is 0 Å². The van der Waals surface area contributed by atoms with Crippen LogP contribution in [0.4, 0.5) is 4.79 Å². The fraction of sp³-hybridized carbons (Fsp3) is 0.419. The van der Waals surface area contributed by atoms with E-state index in [9.17, 15) is 9.59 Å². The Morgan fingerprint density at radius 1 is 0.917 bits per heavy atom. The molecule has 1 fully saturated rings. The van der Waals surface area contributed by atoms with Gasteiger partial charge in [0.05, 0.1) is 0 Å². The Kier molecular flexibility index (Phi) is 7.67. The van der Waals surface area contributed by atoms with Gasteiger partial charge in [-0.1, -0.05) is 80.1 Å². The minimum atomic E-state index is -0.596. The number of fused-ring (bicyclic) bond motifs is 2. The Bertz CT molecular complexity index is 1120. The molecule has 1 aliphatic heterocycles. The van der Waals surface area contributed by atoms with Gasteiger partial charge in [-0.05, 0) is 67.4 Å². The second-order valence-corrected chi connectivity index (χ2v) is 11.1. The Morgan fingerprint density at radius 3 is 1.94 bits per heavy atom. The van der Waals surface area contributed by atoms with Crippen LogP contribution in [0, 0.1) is 5.92 Å². The van der Waals surface area contributed by atoms with Gasteiger partial charge in [0.25, 0.3) is 0 Å². The van der Waals surface area contributed by atoms with Crippen LogP contribution in [0.15, 0.2) is 54.1 Å². The maximum absolute atomic E-state index is 13.2. The zero-order valence-corrected chi connectivity index (χ0v) is 22.2.